The molecule has 0 aliphatic rings. The van der Waals surface area contributed by atoms with E-state index in [0.717, 1.165) is 10.6 Å². The molecule has 0 aliphatic heterocycles. The molecular formula is C12H14N2O2S2. The molecule has 2 rings (SSSR count). The third-order valence-electron chi connectivity index (χ3n) is 2.43. The summed E-state index contributed by atoms with van der Waals surface area (Å²) in [6.45, 7) is 2.43. The highest BCUT2D eigenvalue weighted by molar-refractivity contribution is 7.98. The lowest BCUT2D eigenvalue weighted by molar-refractivity contribution is 0.0956. The van der Waals surface area contributed by atoms with E-state index in [1.165, 1.54) is 11.3 Å². The van der Waals surface area contributed by atoms with Crippen molar-refractivity contribution in [3.63, 3.8) is 0 Å². The van der Waals surface area contributed by atoms with Gasteiger partial charge in [-0.3, -0.25) is 4.79 Å². The number of aromatic nitrogens is 1. The number of nitrogens with one attached hydrogen (secondary N) is 1. The summed E-state index contributed by atoms with van der Waals surface area (Å²) in [6.07, 6.45) is 2.01. The summed E-state index contributed by atoms with van der Waals surface area (Å²) in [5.74, 6) is 1.33. The summed E-state index contributed by atoms with van der Waals surface area (Å²) in [4.78, 5) is 13.0. The van der Waals surface area contributed by atoms with Gasteiger partial charge in [-0.15, -0.1) is 11.3 Å². The SMILES string of the molecule is CSCCNC(=O)c1c(C)noc1-c1cccs1. The first-order chi connectivity index (χ1) is 8.74. The van der Waals surface area contributed by atoms with Gasteiger partial charge in [0, 0.05) is 12.3 Å². The second kappa shape index (κ2) is 6.06. The van der Waals surface area contributed by atoms with Gasteiger partial charge < -0.3 is 9.84 Å². The first-order valence-corrected chi connectivity index (χ1v) is 7.78. The number of thiophene rings is 1. The average Bonchev–Trinajstić information content (AvgIpc) is 2.97. The van der Waals surface area contributed by atoms with Crippen molar-refractivity contribution < 1.29 is 9.32 Å². The molecule has 0 fully saturated rings. The van der Waals surface area contributed by atoms with Crippen LogP contribution < -0.4 is 5.32 Å². The summed E-state index contributed by atoms with van der Waals surface area (Å²) < 4.78 is 5.26. The quantitative estimate of drug-likeness (QED) is 0.857. The zero-order valence-corrected chi connectivity index (χ0v) is 11.9. The second-order valence-electron chi connectivity index (χ2n) is 3.70. The van der Waals surface area contributed by atoms with Crippen LogP contribution in [0.3, 0.4) is 0 Å². The number of hydrogen-bond acceptors (Lipinski definition) is 5. The highest BCUT2D eigenvalue weighted by atomic mass is 32.2. The zero-order valence-electron chi connectivity index (χ0n) is 10.2. The largest absolute Gasteiger partial charge is 0.354 e. The number of hydrogen-bond donors (Lipinski definition) is 1. The molecule has 0 bridgehead atoms. The summed E-state index contributed by atoms with van der Waals surface area (Å²) in [5.41, 5.74) is 1.17. The monoisotopic (exact) mass is 282 g/mol. The number of aryl methyl sites for hydroxylation is 1. The Balaban J connectivity index is 2.22. The Labute approximate surface area is 114 Å². The van der Waals surface area contributed by atoms with Crippen LogP contribution in [0, 0.1) is 6.92 Å². The maximum atomic E-state index is 12.1. The van der Waals surface area contributed by atoms with Gasteiger partial charge in [-0.2, -0.15) is 11.8 Å². The molecule has 0 saturated heterocycles. The lowest BCUT2D eigenvalue weighted by Crippen LogP contribution is -2.26. The minimum absolute atomic E-state index is 0.119. The van der Waals surface area contributed by atoms with Crippen LogP contribution in [0.15, 0.2) is 22.0 Å². The molecular weight excluding hydrogens is 268 g/mol. The molecule has 0 unspecified atom stereocenters. The van der Waals surface area contributed by atoms with E-state index in [2.05, 4.69) is 10.5 Å². The van der Waals surface area contributed by atoms with E-state index < -0.39 is 0 Å². The van der Waals surface area contributed by atoms with Gasteiger partial charge in [0.2, 0.25) is 0 Å². The van der Waals surface area contributed by atoms with Crippen molar-refractivity contribution in [2.45, 2.75) is 6.92 Å². The Morgan fingerprint density at radius 3 is 3.11 bits per heavy atom. The van der Waals surface area contributed by atoms with Gasteiger partial charge in [0.1, 0.15) is 5.56 Å². The standard InChI is InChI=1S/C12H14N2O2S2/c1-8-10(12(15)13-5-7-17-2)11(16-14-8)9-4-3-6-18-9/h3-4,6H,5,7H2,1-2H3,(H,13,15). The normalized spacial score (nSPS) is 10.6. The van der Waals surface area contributed by atoms with Gasteiger partial charge in [0.15, 0.2) is 5.76 Å². The van der Waals surface area contributed by atoms with E-state index in [-0.39, 0.29) is 5.91 Å². The van der Waals surface area contributed by atoms with Crippen LogP contribution in [0.2, 0.25) is 0 Å². The summed E-state index contributed by atoms with van der Waals surface area (Å²) in [5, 5.41) is 8.71. The first-order valence-electron chi connectivity index (χ1n) is 5.51. The lowest BCUT2D eigenvalue weighted by Gasteiger charge is -2.03. The molecule has 1 amide bonds. The Kier molecular flexibility index (Phi) is 4.43. The highest BCUT2D eigenvalue weighted by Gasteiger charge is 2.21. The molecule has 2 aromatic heterocycles. The summed E-state index contributed by atoms with van der Waals surface area (Å²) in [7, 11) is 0. The Morgan fingerprint density at radius 2 is 2.44 bits per heavy atom. The van der Waals surface area contributed by atoms with Crippen molar-refractivity contribution in [3.8, 4) is 10.6 Å². The number of carbonyl (C=O) groups is 1. The molecule has 0 radical (unpaired) electrons. The highest BCUT2D eigenvalue weighted by Crippen LogP contribution is 2.29. The van der Waals surface area contributed by atoms with Gasteiger partial charge in [0.25, 0.3) is 5.91 Å². The molecule has 0 aromatic carbocycles. The van der Waals surface area contributed by atoms with Gasteiger partial charge in [0.05, 0.1) is 10.6 Å². The van der Waals surface area contributed by atoms with Gasteiger partial charge in [-0.1, -0.05) is 11.2 Å². The predicted octanol–water partition coefficient (Wildman–Crippen LogP) is 2.80. The van der Waals surface area contributed by atoms with Crippen molar-refractivity contribution in [2.75, 3.05) is 18.6 Å². The summed E-state index contributed by atoms with van der Waals surface area (Å²) >= 11 is 3.23. The molecule has 0 aliphatic carbocycles. The Morgan fingerprint density at radius 1 is 1.61 bits per heavy atom. The predicted molar refractivity (Wildman–Crippen MR) is 75.3 cm³/mol. The molecule has 1 N–H and O–H groups in total. The molecule has 2 heterocycles. The van der Waals surface area contributed by atoms with Crippen LogP contribution in [-0.4, -0.2) is 29.6 Å². The van der Waals surface area contributed by atoms with E-state index in [1.54, 1.807) is 18.7 Å². The van der Waals surface area contributed by atoms with Crippen LogP contribution in [-0.2, 0) is 0 Å². The van der Waals surface area contributed by atoms with Crippen molar-refractivity contribution in [3.05, 3.63) is 28.8 Å². The molecule has 0 saturated carbocycles. The minimum Gasteiger partial charge on any atom is -0.354 e. The number of thioether (sulfide) groups is 1. The third-order valence-corrected chi connectivity index (χ3v) is 3.91. The van der Waals surface area contributed by atoms with Gasteiger partial charge in [-0.05, 0) is 24.6 Å². The van der Waals surface area contributed by atoms with E-state index in [0.29, 0.717) is 23.6 Å². The maximum Gasteiger partial charge on any atom is 0.257 e. The molecule has 4 nitrogen and oxygen atoms in total. The number of amides is 1. The fourth-order valence-corrected chi connectivity index (χ4v) is 2.58. The van der Waals surface area contributed by atoms with Crippen molar-refractivity contribution in [2.24, 2.45) is 0 Å². The smallest absolute Gasteiger partial charge is 0.257 e. The first kappa shape index (κ1) is 13.2. The fourth-order valence-electron chi connectivity index (χ4n) is 1.57. The van der Waals surface area contributed by atoms with Crippen molar-refractivity contribution >= 4 is 29.0 Å². The molecule has 6 heteroatoms. The Bertz CT molecular complexity index is 520. The van der Waals surface area contributed by atoms with Gasteiger partial charge in [-0.25, -0.2) is 0 Å². The number of carbonyl (C=O) groups excluding carboxylic acids is 1. The molecule has 2 aromatic rings. The number of rotatable bonds is 5. The molecule has 0 spiro atoms. The van der Waals surface area contributed by atoms with Crippen LogP contribution in [0.25, 0.3) is 10.6 Å². The van der Waals surface area contributed by atoms with Crippen LogP contribution in [0.4, 0.5) is 0 Å². The van der Waals surface area contributed by atoms with Crippen LogP contribution in [0.1, 0.15) is 16.1 Å². The minimum atomic E-state index is -0.119. The second-order valence-corrected chi connectivity index (χ2v) is 5.63. The topological polar surface area (TPSA) is 55.1 Å². The molecule has 0 atom stereocenters. The third kappa shape index (κ3) is 2.76. The molecule has 96 valence electrons. The van der Waals surface area contributed by atoms with E-state index in [4.69, 9.17) is 4.52 Å². The lowest BCUT2D eigenvalue weighted by atomic mass is 10.1. The van der Waals surface area contributed by atoms with E-state index in [9.17, 15) is 4.79 Å². The van der Waals surface area contributed by atoms with Crippen molar-refractivity contribution in [1.82, 2.24) is 10.5 Å². The van der Waals surface area contributed by atoms with Crippen molar-refractivity contribution in [1.29, 1.82) is 0 Å². The maximum absolute atomic E-state index is 12.1. The van der Waals surface area contributed by atoms with E-state index in [1.807, 2.05) is 23.8 Å². The summed E-state index contributed by atoms with van der Waals surface area (Å²) in [6, 6.07) is 3.84. The molecule has 18 heavy (non-hydrogen) atoms. The average molecular weight is 282 g/mol. The Hall–Kier alpha value is -1.27. The number of nitrogens with zero attached hydrogens (tertiary/aromatic N) is 1. The van der Waals surface area contributed by atoms with E-state index >= 15 is 0 Å². The zero-order chi connectivity index (χ0) is 13.0. The van der Waals surface area contributed by atoms with Crippen LogP contribution >= 0.6 is 23.1 Å². The van der Waals surface area contributed by atoms with Crippen LogP contribution in [0.5, 0.6) is 0 Å². The fraction of sp³-hybridized carbons (Fsp3) is 0.333. The van der Waals surface area contributed by atoms with Gasteiger partial charge >= 0.3 is 0 Å².